The zero-order valence-electron chi connectivity index (χ0n) is 20.3. The molecule has 0 aliphatic carbocycles. The van der Waals surface area contributed by atoms with Gasteiger partial charge in [-0.2, -0.15) is 8.42 Å². The summed E-state index contributed by atoms with van der Waals surface area (Å²) in [4.78, 5) is 58.8. The average Bonchev–Trinajstić information content (AvgIpc) is 3.15. The number of thiazole rings is 1. The van der Waals surface area contributed by atoms with Crippen LogP contribution in [0.3, 0.4) is 0 Å². The Morgan fingerprint density at radius 3 is 2.32 bits per heavy atom. The SMILES string of the molecule is COC(=O)CC1C(NC(=O)/C(=N/OC(C)(C)C(=O)OC(C)(C)C)c2csc(N)n2)C(=O)N1S(=O)(=O)O.[NaH]. The number of oxime groups is 1. The minimum atomic E-state index is -5.02. The molecule has 4 N–H and O–H groups in total. The third kappa shape index (κ3) is 8.34. The van der Waals surface area contributed by atoms with Crippen molar-refractivity contribution >= 4 is 85.8 Å². The van der Waals surface area contributed by atoms with Crippen molar-refractivity contribution < 1.29 is 46.5 Å². The number of nitrogen functional groups attached to an aromatic ring is 1. The van der Waals surface area contributed by atoms with Gasteiger partial charge in [0.15, 0.2) is 10.8 Å². The second kappa shape index (κ2) is 12.0. The Hall–Kier alpha value is -2.31. The van der Waals surface area contributed by atoms with Crippen LogP contribution in [0.25, 0.3) is 0 Å². The van der Waals surface area contributed by atoms with Crippen LogP contribution in [-0.4, -0.2) is 112 Å². The molecule has 2 atom stereocenters. The van der Waals surface area contributed by atoms with Gasteiger partial charge in [-0.05, 0) is 34.6 Å². The zero-order valence-corrected chi connectivity index (χ0v) is 21.9. The Kier molecular flexibility index (Phi) is 10.6. The monoisotopic (exact) mass is 573 g/mol. The third-order valence-electron chi connectivity index (χ3n) is 4.54. The second-order valence-corrected chi connectivity index (χ2v) is 11.2. The van der Waals surface area contributed by atoms with Gasteiger partial charge in [-0.25, -0.2) is 14.1 Å². The van der Waals surface area contributed by atoms with Crippen LogP contribution in [0.2, 0.25) is 0 Å². The quantitative estimate of drug-likeness (QED) is 0.0808. The van der Waals surface area contributed by atoms with E-state index in [9.17, 15) is 32.1 Å². The molecule has 0 saturated carbocycles. The molecule has 2 unspecified atom stereocenters. The van der Waals surface area contributed by atoms with Crippen molar-refractivity contribution in [2.24, 2.45) is 5.16 Å². The molecule has 1 saturated heterocycles. The number of carbonyl (C=O) groups is 4. The fourth-order valence-corrected chi connectivity index (χ4v) is 4.25. The summed E-state index contributed by atoms with van der Waals surface area (Å²) >= 11 is 0.962. The summed E-state index contributed by atoms with van der Waals surface area (Å²) in [6.07, 6.45) is -0.648. The first-order valence-corrected chi connectivity index (χ1v) is 12.5. The molecule has 37 heavy (non-hydrogen) atoms. The molecular weight excluding hydrogens is 545 g/mol. The number of ether oxygens (including phenoxy) is 2. The summed E-state index contributed by atoms with van der Waals surface area (Å²) < 4.78 is 42.2. The molecule has 2 rings (SSSR count). The first kappa shape index (κ1) is 32.7. The minimum absolute atomic E-state index is 0. The average molecular weight is 574 g/mol. The Bertz CT molecular complexity index is 1190. The summed E-state index contributed by atoms with van der Waals surface area (Å²) in [5, 5.41) is 7.41. The third-order valence-corrected chi connectivity index (χ3v) is 6.16. The Morgan fingerprint density at radius 2 is 1.86 bits per heavy atom. The molecule has 0 spiro atoms. The number of amides is 2. The topological polar surface area (TPSA) is 217 Å². The van der Waals surface area contributed by atoms with Gasteiger partial charge >= 0.3 is 51.8 Å². The molecule has 1 fully saturated rings. The van der Waals surface area contributed by atoms with Crippen LogP contribution in [-0.2, 0) is 43.8 Å². The molecular formula is C19H28N5NaO10S2. The van der Waals surface area contributed by atoms with Crippen LogP contribution >= 0.6 is 11.3 Å². The Balaban J connectivity index is 0.00000684. The fourth-order valence-electron chi connectivity index (χ4n) is 2.82. The number of nitrogens with two attached hydrogens (primary N) is 1. The van der Waals surface area contributed by atoms with E-state index in [1.807, 2.05) is 0 Å². The van der Waals surface area contributed by atoms with Crippen molar-refractivity contribution in [3.05, 3.63) is 11.1 Å². The molecule has 1 aromatic rings. The number of aromatic nitrogens is 1. The van der Waals surface area contributed by atoms with Crippen LogP contribution in [0.15, 0.2) is 10.5 Å². The molecule has 0 aromatic carbocycles. The number of anilines is 1. The van der Waals surface area contributed by atoms with Gasteiger partial charge in [-0.1, -0.05) is 5.16 Å². The molecule has 18 heteroatoms. The van der Waals surface area contributed by atoms with Crippen molar-refractivity contribution in [1.82, 2.24) is 14.6 Å². The van der Waals surface area contributed by atoms with E-state index in [0.717, 1.165) is 18.4 Å². The van der Waals surface area contributed by atoms with Crippen molar-refractivity contribution in [2.75, 3.05) is 12.8 Å². The number of carbonyl (C=O) groups excluding carboxylic acids is 4. The summed E-state index contributed by atoms with van der Waals surface area (Å²) in [6.45, 7) is 7.65. The van der Waals surface area contributed by atoms with E-state index in [4.69, 9.17) is 15.3 Å². The number of nitrogens with one attached hydrogen (secondary N) is 1. The van der Waals surface area contributed by atoms with E-state index in [1.165, 1.54) is 19.2 Å². The summed E-state index contributed by atoms with van der Waals surface area (Å²) in [7, 11) is -3.98. The summed E-state index contributed by atoms with van der Waals surface area (Å²) in [5.74, 6) is -3.95. The number of nitrogens with zero attached hydrogens (tertiary/aromatic N) is 3. The van der Waals surface area contributed by atoms with E-state index in [2.05, 4.69) is 20.2 Å². The Morgan fingerprint density at radius 1 is 1.27 bits per heavy atom. The molecule has 1 aliphatic rings. The fraction of sp³-hybridized carbons (Fsp3) is 0.579. The maximum atomic E-state index is 13.1. The molecule has 0 bridgehead atoms. The van der Waals surface area contributed by atoms with Gasteiger partial charge in [0.2, 0.25) is 5.60 Å². The normalized spacial score (nSPS) is 18.3. The zero-order chi connectivity index (χ0) is 27.6. The number of hydrogen-bond donors (Lipinski definition) is 3. The van der Waals surface area contributed by atoms with Crippen LogP contribution in [0, 0.1) is 0 Å². The van der Waals surface area contributed by atoms with Gasteiger partial charge in [0.25, 0.3) is 11.8 Å². The Labute approximate surface area is 239 Å². The van der Waals surface area contributed by atoms with Crippen LogP contribution in [0.4, 0.5) is 5.13 Å². The van der Waals surface area contributed by atoms with Gasteiger partial charge in [0.1, 0.15) is 17.3 Å². The van der Waals surface area contributed by atoms with Gasteiger partial charge < -0.3 is 25.4 Å². The molecule has 1 aliphatic heterocycles. The number of methoxy groups -OCH3 is 1. The van der Waals surface area contributed by atoms with E-state index in [0.29, 0.717) is 0 Å². The van der Waals surface area contributed by atoms with E-state index < -0.39 is 69.5 Å². The number of rotatable bonds is 9. The van der Waals surface area contributed by atoms with Crippen LogP contribution in [0.1, 0.15) is 46.7 Å². The predicted octanol–water partition coefficient (Wildman–Crippen LogP) is -1.02. The van der Waals surface area contributed by atoms with Crippen molar-refractivity contribution in [1.29, 1.82) is 0 Å². The van der Waals surface area contributed by atoms with Crippen LogP contribution < -0.4 is 11.1 Å². The first-order valence-electron chi connectivity index (χ1n) is 10.3. The van der Waals surface area contributed by atoms with Crippen LogP contribution in [0.5, 0.6) is 0 Å². The molecule has 15 nitrogen and oxygen atoms in total. The van der Waals surface area contributed by atoms with Crippen molar-refractivity contribution in [2.45, 2.75) is 64.3 Å². The van der Waals surface area contributed by atoms with E-state index in [-0.39, 0.29) is 44.7 Å². The summed E-state index contributed by atoms with van der Waals surface area (Å²) in [6, 6.07) is -3.01. The molecule has 202 valence electrons. The summed E-state index contributed by atoms with van der Waals surface area (Å²) in [5.41, 5.74) is 2.58. The van der Waals surface area contributed by atoms with Crippen molar-refractivity contribution in [3.63, 3.8) is 0 Å². The molecule has 2 heterocycles. The van der Waals surface area contributed by atoms with Crippen molar-refractivity contribution in [3.8, 4) is 0 Å². The van der Waals surface area contributed by atoms with E-state index >= 15 is 0 Å². The van der Waals surface area contributed by atoms with Gasteiger partial charge in [0.05, 0.1) is 19.6 Å². The maximum absolute atomic E-state index is 13.1. The number of β-lactam (4-membered cyclic amide) rings is 1. The molecule has 1 aromatic heterocycles. The van der Waals surface area contributed by atoms with Gasteiger partial charge in [-0.15, -0.1) is 11.3 Å². The predicted molar refractivity (Wildman–Crippen MR) is 132 cm³/mol. The number of esters is 2. The number of hydrogen-bond acceptors (Lipinski definition) is 13. The second-order valence-electron chi connectivity index (χ2n) is 9.02. The molecule has 2 amide bonds. The van der Waals surface area contributed by atoms with Gasteiger partial charge in [-0.3, -0.25) is 18.9 Å². The standard InChI is InChI=1S/C19H27N5O10S2.Na.H/c1-18(2,3)33-16(28)19(4,5)34-23-12(9-8-35-17(20)21-9)14(26)22-13-10(7-11(25)32-6)24(15(13)27)36(29,30)31;;/h8,10,13H,7H2,1-6H3,(H2,20,21)(H,22,26)(H,29,30,31);;/b23-12+;;. The van der Waals surface area contributed by atoms with Gasteiger partial charge in [0, 0.05) is 5.38 Å². The van der Waals surface area contributed by atoms with E-state index in [1.54, 1.807) is 20.8 Å². The molecule has 0 radical (unpaired) electrons. The first-order chi connectivity index (χ1) is 16.4.